The number of amides is 1. The van der Waals surface area contributed by atoms with E-state index in [4.69, 9.17) is 0 Å². The zero-order valence-corrected chi connectivity index (χ0v) is 14.3. The number of rotatable bonds is 7. The van der Waals surface area contributed by atoms with Crippen LogP contribution < -0.4 is 10.6 Å². The van der Waals surface area contributed by atoms with Crippen LogP contribution in [0.25, 0.3) is 0 Å². The van der Waals surface area contributed by atoms with Crippen molar-refractivity contribution in [1.82, 2.24) is 25.2 Å². The predicted molar refractivity (Wildman–Crippen MR) is 95.8 cm³/mol. The lowest BCUT2D eigenvalue weighted by molar-refractivity contribution is -0.127. The molecule has 1 atom stereocenters. The van der Waals surface area contributed by atoms with Gasteiger partial charge in [-0.05, 0) is 43.1 Å². The van der Waals surface area contributed by atoms with Gasteiger partial charge in [0.25, 0.3) is 0 Å². The second-order valence-corrected chi connectivity index (χ2v) is 6.13. The van der Waals surface area contributed by atoms with Crippen LogP contribution in [-0.4, -0.2) is 51.4 Å². The molecule has 1 aliphatic rings. The molecule has 0 aromatic carbocycles. The number of likely N-dealkylation sites (tertiary alicyclic amines) is 1. The van der Waals surface area contributed by atoms with Crippen LogP contribution in [-0.2, 0) is 11.3 Å². The van der Waals surface area contributed by atoms with Crippen LogP contribution in [0.2, 0.25) is 0 Å². The van der Waals surface area contributed by atoms with Crippen LogP contribution in [0.4, 0.5) is 5.95 Å². The highest BCUT2D eigenvalue weighted by molar-refractivity contribution is 5.81. The number of aromatic nitrogens is 3. The molecule has 0 aliphatic carbocycles. The lowest BCUT2D eigenvalue weighted by atomic mass is 10.0. The molecule has 1 saturated heterocycles. The quantitative estimate of drug-likeness (QED) is 0.743. The highest BCUT2D eigenvalue weighted by atomic mass is 16.2. The maximum atomic E-state index is 12.6. The SMILES string of the molecule is O=C(NCCNc1ncccn1)[C@@H]1CCCCN1Cc1ccncc1. The van der Waals surface area contributed by atoms with E-state index >= 15 is 0 Å². The number of anilines is 1. The zero-order valence-electron chi connectivity index (χ0n) is 14.3. The van der Waals surface area contributed by atoms with E-state index in [0.29, 0.717) is 19.0 Å². The maximum Gasteiger partial charge on any atom is 0.237 e. The topological polar surface area (TPSA) is 83.0 Å². The summed E-state index contributed by atoms with van der Waals surface area (Å²) in [6, 6.07) is 5.73. The van der Waals surface area contributed by atoms with E-state index in [9.17, 15) is 4.79 Å². The van der Waals surface area contributed by atoms with E-state index in [1.165, 1.54) is 5.56 Å². The van der Waals surface area contributed by atoms with Crippen LogP contribution in [0.3, 0.4) is 0 Å². The van der Waals surface area contributed by atoms with Crippen LogP contribution >= 0.6 is 0 Å². The molecule has 2 aromatic rings. The molecular formula is C18H24N6O. The smallest absolute Gasteiger partial charge is 0.237 e. The monoisotopic (exact) mass is 340 g/mol. The number of pyridine rings is 1. The fraction of sp³-hybridized carbons (Fsp3) is 0.444. The summed E-state index contributed by atoms with van der Waals surface area (Å²) in [7, 11) is 0. The molecule has 0 saturated carbocycles. The fourth-order valence-corrected chi connectivity index (χ4v) is 3.07. The van der Waals surface area contributed by atoms with Gasteiger partial charge in [-0.15, -0.1) is 0 Å². The Bertz CT molecular complexity index is 651. The van der Waals surface area contributed by atoms with Gasteiger partial charge in [0.05, 0.1) is 6.04 Å². The van der Waals surface area contributed by atoms with Gasteiger partial charge >= 0.3 is 0 Å². The Morgan fingerprint density at radius 3 is 2.72 bits per heavy atom. The minimum absolute atomic E-state index is 0.0603. The molecule has 0 radical (unpaired) electrons. The van der Waals surface area contributed by atoms with Gasteiger partial charge in [0.2, 0.25) is 11.9 Å². The minimum Gasteiger partial charge on any atom is -0.353 e. The standard InChI is InChI=1S/C18H24N6O/c25-17(20-11-12-23-18-21-7-3-8-22-18)16-4-1-2-13-24(16)14-15-5-9-19-10-6-15/h3,5-10,16H,1-2,4,11-14H2,(H,20,25)(H,21,22,23)/t16-/m0/s1. The molecule has 1 fully saturated rings. The first-order valence-corrected chi connectivity index (χ1v) is 8.74. The van der Waals surface area contributed by atoms with Gasteiger partial charge in [-0.3, -0.25) is 14.7 Å². The molecule has 7 nitrogen and oxygen atoms in total. The number of carbonyl (C=O) groups excluding carboxylic acids is 1. The Balaban J connectivity index is 1.47. The average Bonchev–Trinajstić information content (AvgIpc) is 2.67. The first kappa shape index (κ1) is 17.3. The molecule has 2 aromatic heterocycles. The molecular weight excluding hydrogens is 316 g/mol. The number of hydrogen-bond acceptors (Lipinski definition) is 6. The van der Waals surface area contributed by atoms with Gasteiger partial charge in [0.1, 0.15) is 0 Å². The van der Waals surface area contributed by atoms with Crippen molar-refractivity contribution < 1.29 is 4.79 Å². The number of piperidine rings is 1. The van der Waals surface area contributed by atoms with Crippen molar-refractivity contribution in [2.75, 3.05) is 25.0 Å². The largest absolute Gasteiger partial charge is 0.353 e. The van der Waals surface area contributed by atoms with Crippen molar-refractivity contribution in [2.45, 2.75) is 31.8 Å². The molecule has 0 bridgehead atoms. The lowest BCUT2D eigenvalue weighted by Gasteiger charge is -2.34. The Kier molecular flexibility index (Phi) is 6.28. The number of nitrogens with one attached hydrogen (secondary N) is 2. The maximum absolute atomic E-state index is 12.6. The third-order valence-electron chi connectivity index (χ3n) is 4.32. The number of nitrogens with zero attached hydrogens (tertiary/aromatic N) is 4. The van der Waals surface area contributed by atoms with Crippen LogP contribution in [0.5, 0.6) is 0 Å². The van der Waals surface area contributed by atoms with Gasteiger partial charge < -0.3 is 10.6 Å². The normalized spacial score (nSPS) is 17.8. The molecule has 1 aliphatic heterocycles. The molecule has 132 valence electrons. The van der Waals surface area contributed by atoms with Gasteiger partial charge in [-0.25, -0.2) is 9.97 Å². The molecule has 3 rings (SSSR count). The highest BCUT2D eigenvalue weighted by Gasteiger charge is 2.28. The second-order valence-electron chi connectivity index (χ2n) is 6.13. The van der Waals surface area contributed by atoms with Crippen molar-refractivity contribution in [3.05, 3.63) is 48.5 Å². The van der Waals surface area contributed by atoms with Crippen molar-refractivity contribution in [3.63, 3.8) is 0 Å². The van der Waals surface area contributed by atoms with Crippen molar-refractivity contribution in [2.24, 2.45) is 0 Å². The van der Waals surface area contributed by atoms with E-state index in [1.807, 2.05) is 12.1 Å². The van der Waals surface area contributed by atoms with Crippen molar-refractivity contribution in [1.29, 1.82) is 0 Å². The Labute approximate surface area is 147 Å². The number of hydrogen-bond donors (Lipinski definition) is 2. The predicted octanol–water partition coefficient (Wildman–Crippen LogP) is 1.45. The molecule has 1 amide bonds. The van der Waals surface area contributed by atoms with Crippen LogP contribution in [0.1, 0.15) is 24.8 Å². The summed E-state index contributed by atoms with van der Waals surface area (Å²) in [4.78, 5) is 27.1. The summed E-state index contributed by atoms with van der Waals surface area (Å²) in [5.74, 6) is 0.679. The van der Waals surface area contributed by atoms with E-state index < -0.39 is 0 Å². The molecule has 7 heteroatoms. The summed E-state index contributed by atoms with van der Waals surface area (Å²) in [6.07, 6.45) is 10.1. The average molecular weight is 340 g/mol. The van der Waals surface area contributed by atoms with E-state index in [-0.39, 0.29) is 11.9 Å². The first-order valence-electron chi connectivity index (χ1n) is 8.74. The van der Waals surface area contributed by atoms with Gasteiger partial charge in [-0.2, -0.15) is 0 Å². The first-order chi connectivity index (χ1) is 12.3. The van der Waals surface area contributed by atoms with Gasteiger partial charge in [-0.1, -0.05) is 6.42 Å². The lowest BCUT2D eigenvalue weighted by Crippen LogP contribution is -2.49. The van der Waals surface area contributed by atoms with Crippen LogP contribution in [0.15, 0.2) is 43.0 Å². The summed E-state index contributed by atoms with van der Waals surface area (Å²) in [5.41, 5.74) is 1.19. The van der Waals surface area contributed by atoms with E-state index in [2.05, 4.69) is 30.5 Å². The van der Waals surface area contributed by atoms with E-state index in [1.54, 1.807) is 30.9 Å². The third kappa shape index (κ3) is 5.22. The summed E-state index contributed by atoms with van der Waals surface area (Å²) in [5, 5.41) is 6.12. The minimum atomic E-state index is -0.0603. The molecule has 2 N–H and O–H groups in total. The van der Waals surface area contributed by atoms with Crippen molar-refractivity contribution in [3.8, 4) is 0 Å². The second kappa shape index (κ2) is 9.08. The Morgan fingerprint density at radius 1 is 1.12 bits per heavy atom. The Morgan fingerprint density at radius 2 is 1.92 bits per heavy atom. The molecule has 3 heterocycles. The van der Waals surface area contributed by atoms with Crippen LogP contribution in [0, 0.1) is 0 Å². The number of carbonyl (C=O) groups is 1. The third-order valence-corrected chi connectivity index (χ3v) is 4.32. The van der Waals surface area contributed by atoms with Gasteiger partial charge in [0.15, 0.2) is 0 Å². The highest BCUT2D eigenvalue weighted by Crippen LogP contribution is 2.19. The summed E-state index contributed by atoms with van der Waals surface area (Å²) >= 11 is 0. The summed E-state index contributed by atoms with van der Waals surface area (Å²) < 4.78 is 0. The molecule has 25 heavy (non-hydrogen) atoms. The Hall–Kier alpha value is -2.54. The van der Waals surface area contributed by atoms with Gasteiger partial charge in [0, 0.05) is 44.4 Å². The molecule has 0 unspecified atom stereocenters. The fourth-order valence-electron chi connectivity index (χ4n) is 3.07. The van der Waals surface area contributed by atoms with E-state index in [0.717, 1.165) is 32.4 Å². The van der Waals surface area contributed by atoms with Crippen molar-refractivity contribution >= 4 is 11.9 Å². The summed E-state index contributed by atoms with van der Waals surface area (Å²) in [6.45, 7) is 2.90. The zero-order chi connectivity index (χ0) is 17.3. The molecule has 0 spiro atoms.